The molecule has 1 fully saturated rings. The standard InChI is InChI=1S/C9H12N2.C2H4O2/c1-2-9(11-5-1)8-3-6-10-7-4-8;1-2(3)4/h3-4,6-7,9,11H,1-2,5H2;1H3,(H,3,4). The Morgan fingerprint density at radius 1 is 1.53 bits per heavy atom. The molecule has 82 valence electrons. The van der Waals surface area contributed by atoms with Crippen molar-refractivity contribution >= 4 is 5.97 Å². The van der Waals surface area contributed by atoms with Crippen LogP contribution in [0.4, 0.5) is 0 Å². The van der Waals surface area contributed by atoms with Crippen molar-refractivity contribution in [1.29, 1.82) is 0 Å². The van der Waals surface area contributed by atoms with Crippen LogP contribution < -0.4 is 5.32 Å². The van der Waals surface area contributed by atoms with Crippen molar-refractivity contribution in [1.82, 2.24) is 10.3 Å². The third-order valence-electron chi connectivity index (χ3n) is 2.17. The minimum absolute atomic E-state index is 0.581. The molecule has 1 unspecified atom stereocenters. The molecule has 1 aliphatic heterocycles. The van der Waals surface area contributed by atoms with Gasteiger partial charge < -0.3 is 10.4 Å². The zero-order chi connectivity index (χ0) is 11.1. The van der Waals surface area contributed by atoms with Crippen molar-refractivity contribution in [3.63, 3.8) is 0 Å². The lowest BCUT2D eigenvalue weighted by Crippen LogP contribution is -2.12. The molecule has 4 nitrogen and oxygen atoms in total. The summed E-state index contributed by atoms with van der Waals surface area (Å²) in [6, 6.07) is 4.75. The fourth-order valence-corrected chi connectivity index (χ4v) is 1.56. The van der Waals surface area contributed by atoms with E-state index in [0.29, 0.717) is 6.04 Å². The summed E-state index contributed by atoms with van der Waals surface area (Å²) in [5.41, 5.74) is 1.37. The van der Waals surface area contributed by atoms with Gasteiger partial charge in [0.25, 0.3) is 5.97 Å². The summed E-state index contributed by atoms with van der Waals surface area (Å²) in [4.78, 5) is 13.0. The molecule has 2 heterocycles. The predicted molar refractivity (Wildman–Crippen MR) is 57.5 cm³/mol. The lowest BCUT2D eigenvalue weighted by molar-refractivity contribution is -0.134. The Bertz CT molecular complexity index is 291. The van der Waals surface area contributed by atoms with Gasteiger partial charge in [0, 0.05) is 25.4 Å². The van der Waals surface area contributed by atoms with Crippen molar-refractivity contribution in [3.05, 3.63) is 30.1 Å². The van der Waals surface area contributed by atoms with Gasteiger partial charge in [0.05, 0.1) is 0 Å². The minimum Gasteiger partial charge on any atom is -0.481 e. The van der Waals surface area contributed by atoms with E-state index in [1.54, 1.807) is 0 Å². The van der Waals surface area contributed by atoms with Gasteiger partial charge in [-0.15, -0.1) is 0 Å². The van der Waals surface area contributed by atoms with E-state index in [1.807, 2.05) is 12.4 Å². The normalized spacial score (nSPS) is 19.1. The first kappa shape index (κ1) is 11.7. The summed E-state index contributed by atoms with van der Waals surface area (Å²) in [5.74, 6) is -0.833. The van der Waals surface area contributed by atoms with Crippen LogP contribution in [0.2, 0.25) is 0 Å². The fourth-order valence-electron chi connectivity index (χ4n) is 1.56. The van der Waals surface area contributed by atoms with E-state index >= 15 is 0 Å². The smallest absolute Gasteiger partial charge is 0.300 e. The molecule has 1 aromatic rings. The number of hydrogen-bond donors (Lipinski definition) is 2. The summed E-state index contributed by atoms with van der Waals surface area (Å²) in [6.07, 6.45) is 6.28. The van der Waals surface area contributed by atoms with Gasteiger partial charge in [0.15, 0.2) is 0 Å². The Balaban J connectivity index is 0.000000245. The maximum Gasteiger partial charge on any atom is 0.300 e. The molecule has 1 aromatic heterocycles. The third kappa shape index (κ3) is 4.56. The minimum atomic E-state index is -0.833. The zero-order valence-electron chi connectivity index (χ0n) is 8.81. The molecule has 0 radical (unpaired) electrons. The Morgan fingerprint density at radius 2 is 2.13 bits per heavy atom. The van der Waals surface area contributed by atoms with E-state index in [9.17, 15) is 0 Å². The molecule has 1 aliphatic rings. The fraction of sp³-hybridized carbons (Fsp3) is 0.455. The largest absolute Gasteiger partial charge is 0.481 e. The molecule has 0 aliphatic carbocycles. The zero-order valence-corrected chi connectivity index (χ0v) is 8.81. The Kier molecular flexibility index (Phi) is 4.77. The van der Waals surface area contributed by atoms with Crippen molar-refractivity contribution < 1.29 is 9.90 Å². The first-order valence-corrected chi connectivity index (χ1v) is 5.03. The quantitative estimate of drug-likeness (QED) is 0.735. The SMILES string of the molecule is CC(=O)O.c1cc(C2CCCN2)ccn1. The molecular formula is C11H16N2O2. The molecule has 0 spiro atoms. The number of nitrogens with zero attached hydrogens (tertiary/aromatic N) is 1. The molecule has 2 N–H and O–H groups in total. The highest BCUT2D eigenvalue weighted by molar-refractivity contribution is 5.62. The molecule has 4 heteroatoms. The van der Waals surface area contributed by atoms with Gasteiger partial charge >= 0.3 is 0 Å². The van der Waals surface area contributed by atoms with Crippen LogP contribution in [0.1, 0.15) is 31.4 Å². The summed E-state index contributed by atoms with van der Waals surface area (Å²) in [5, 5.41) is 10.9. The number of carboxylic acids is 1. The highest BCUT2D eigenvalue weighted by Gasteiger charge is 2.14. The maximum atomic E-state index is 9.00. The molecule has 0 aromatic carbocycles. The van der Waals surface area contributed by atoms with E-state index < -0.39 is 5.97 Å². The number of carbonyl (C=O) groups is 1. The number of aromatic nitrogens is 1. The van der Waals surface area contributed by atoms with Crippen LogP contribution >= 0.6 is 0 Å². The van der Waals surface area contributed by atoms with E-state index in [-0.39, 0.29) is 0 Å². The highest BCUT2D eigenvalue weighted by atomic mass is 16.4. The third-order valence-corrected chi connectivity index (χ3v) is 2.17. The Morgan fingerprint density at radius 3 is 2.60 bits per heavy atom. The first-order chi connectivity index (χ1) is 7.20. The van der Waals surface area contributed by atoms with Crippen LogP contribution in [-0.2, 0) is 4.79 Å². The molecule has 0 amide bonds. The number of rotatable bonds is 1. The van der Waals surface area contributed by atoms with Crippen LogP contribution in [0.15, 0.2) is 24.5 Å². The summed E-state index contributed by atoms with van der Waals surface area (Å²) >= 11 is 0. The van der Waals surface area contributed by atoms with Crippen LogP contribution in [0.5, 0.6) is 0 Å². The van der Waals surface area contributed by atoms with Gasteiger partial charge in [-0.05, 0) is 37.1 Å². The van der Waals surface area contributed by atoms with Crippen LogP contribution in [0, 0.1) is 0 Å². The maximum absolute atomic E-state index is 9.00. The van der Waals surface area contributed by atoms with Crippen LogP contribution in [0.25, 0.3) is 0 Å². The summed E-state index contributed by atoms with van der Waals surface area (Å²) in [6.45, 7) is 2.24. The second-order valence-electron chi connectivity index (χ2n) is 3.45. The van der Waals surface area contributed by atoms with E-state index in [0.717, 1.165) is 13.5 Å². The molecule has 1 saturated heterocycles. The second kappa shape index (κ2) is 6.14. The monoisotopic (exact) mass is 208 g/mol. The van der Waals surface area contributed by atoms with Crippen LogP contribution in [0.3, 0.4) is 0 Å². The van der Waals surface area contributed by atoms with E-state index in [1.165, 1.54) is 18.4 Å². The van der Waals surface area contributed by atoms with Gasteiger partial charge in [-0.2, -0.15) is 0 Å². The first-order valence-electron chi connectivity index (χ1n) is 5.03. The molecule has 2 rings (SSSR count). The van der Waals surface area contributed by atoms with Gasteiger partial charge in [-0.25, -0.2) is 0 Å². The van der Waals surface area contributed by atoms with Crippen molar-refractivity contribution in [2.75, 3.05) is 6.54 Å². The topological polar surface area (TPSA) is 62.2 Å². The summed E-state index contributed by atoms with van der Waals surface area (Å²) < 4.78 is 0. The predicted octanol–water partition coefficient (Wildman–Crippen LogP) is 1.60. The van der Waals surface area contributed by atoms with Gasteiger partial charge in [0.1, 0.15) is 0 Å². The van der Waals surface area contributed by atoms with Gasteiger partial charge in [-0.3, -0.25) is 9.78 Å². The summed E-state index contributed by atoms with van der Waals surface area (Å²) in [7, 11) is 0. The number of carboxylic acid groups (broad SMARTS) is 1. The van der Waals surface area contributed by atoms with Crippen molar-refractivity contribution in [2.24, 2.45) is 0 Å². The lowest BCUT2D eigenvalue weighted by Gasteiger charge is -2.08. The average Bonchev–Trinajstić information content (AvgIpc) is 2.71. The molecule has 0 bridgehead atoms. The number of pyridine rings is 1. The second-order valence-corrected chi connectivity index (χ2v) is 3.45. The molecule has 15 heavy (non-hydrogen) atoms. The van der Waals surface area contributed by atoms with Gasteiger partial charge in [-0.1, -0.05) is 0 Å². The number of nitrogens with one attached hydrogen (secondary N) is 1. The van der Waals surface area contributed by atoms with E-state index in [4.69, 9.17) is 9.90 Å². The number of aliphatic carboxylic acids is 1. The molecule has 0 saturated carbocycles. The van der Waals surface area contributed by atoms with E-state index in [2.05, 4.69) is 22.4 Å². The Hall–Kier alpha value is -1.42. The van der Waals surface area contributed by atoms with Gasteiger partial charge in [0.2, 0.25) is 0 Å². The highest BCUT2D eigenvalue weighted by Crippen LogP contribution is 2.21. The average molecular weight is 208 g/mol. The Labute approximate surface area is 89.3 Å². The molecular weight excluding hydrogens is 192 g/mol. The molecule has 1 atom stereocenters. The lowest BCUT2D eigenvalue weighted by atomic mass is 10.1. The van der Waals surface area contributed by atoms with Crippen molar-refractivity contribution in [2.45, 2.75) is 25.8 Å². The van der Waals surface area contributed by atoms with Crippen LogP contribution in [-0.4, -0.2) is 22.6 Å². The number of hydrogen-bond acceptors (Lipinski definition) is 3. The van der Waals surface area contributed by atoms with Crippen molar-refractivity contribution in [3.8, 4) is 0 Å².